The number of carbonyl (C=O) groups is 1. The molecular formula is C14H11N5O4. The van der Waals surface area contributed by atoms with Crippen LogP contribution < -0.4 is 5.43 Å². The first-order valence-corrected chi connectivity index (χ1v) is 6.56. The highest BCUT2D eigenvalue weighted by molar-refractivity contribution is 6.02. The first kappa shape index (κ1) is 14.4. The van der Waals surface area contributed by atoms with Crippen molar-refractivity contribution in [2.75, 3.05) is 0 Å². The maximum Gasteiger partial charge on any atom is 0.284 e. The number of imidazole rings is 1. The standard InChI is InChI=1S/C14H11N5O4/c1-8-16-11-5-10(13(19(21)22)6-12(11)17-8)14(20)18-15-7-9-3-2-4-23-9/h2-7H,1H3,(H,16,17)(H,18,20)/b15-7-. The van der Waals surface area contributed by atoms with Gasteiger partial charge in [0.25, 0.3) is 11.6 Å². The topological polar surface area (TPSA) is 126 Å². The molecule has 116 valence electrons. The van der Waals surface area contributed by atoms with Crippen molar-refractivity contribution in [1.29, 1.82) is 0 Å². The van der Waals surface area contributed by atoms with Gasteiger partial charge in [-0.3, -0.25) is 14.9 Å². The fraction of sp³-hybridized carbons (Fsp3) is 0.0714. The summed E-state index contributed by atoms with van der Waals surface area (Å²) in [5.74, 6) is 0.336. The second-order valence-corrected chi connectivity index (χ2v) is 4.68. The Labute approximate surface area is 129 Å². The van der Waals surface area contributed by atoms with Gasteiger partial charge in [0, 0.05) is 6.07 Å². The Hall–Kier alpha value is -3.49. The van der Waals surface area contributed by atoms with Crippen LogP contribution in [0.15, 0.2) is 40.0 Å². The van der Waals surface area contributed by atoms with Crippen LogP contribution in [0.3, 0.4) is 0 Å². The van der Waals surface area contributed by atoms with E-state index in [2.05, 4.69) is 20.5 Å². The quantitative estimate of drug-likeness (QED) is 0.433. The van der Waals surface area contributed by atoms with Gasteiger partial charge < -0.3 is 9.40 Å². The third-order valence-corrected chi connectivity index (χ3v) is 3.06. The van der Waals surface area contributed by atoms with Crippen LogP contribution >= 0.6 is 0 Å². The Balaban J connectivity index is 1.91. The molecule has 9 nitrogen and oxygen atoms in total. The van der Waals surface area contributed by atoms with Gasteiger partial charge in [-0.25, -0.2) is 10.4 Å². The van der Waals surface area contributed by atoms with Gasteiger partial charge in [-0.15, -0.1) is 0 Å². The van der Waals surface area contributed by atoms with Crippen LogP contribution in [0.4, 0.5) is 5.69 Å². The first-order valence-electron chi connectivity index (χ1n) is 6.56. The van der Waals surface area contributed by atoms with Crippen molar-refractivity contribution in [3.63, 3.8) is 0 Å². The van der Waals surface area contributed by atoms with Crippen molar-refractivity contribution < 1.29 is 14.1 Å². The second-order valence-electron chi connectivity index (χ2n) is 4.68. The van der Waals surface area contributed by atoms with E-state index in [-0.39, 0.29) is 11.3 Å². The number of hydrazone groups is 1. The molecule has 0 atom stereocenters. The SMILES string of the molecule is Cc1nc2cc(C(=O)N/N=C\c3ccco3)c([N+](=O)[O-])cc2[nH]1. The molecule has 2 heterocycles. The molecule has 0 saturated carbocycles. The van der Waals surface area contributed by atoms with Crippen molar-refractivity contribution in [3.8, 4) is 0 Å². The lowest BCUT2D eigenvalue weighted by Crippen LogP contribution is -2.19. The number of nitro benzene ring substituents is 1. The molecule has 1 aromatic carbocycles. The Morgan fingerprint density at radius 3 is 3.04 bits per heavy atom. The zero-order valence-electron chi connectivity index (χ0n) is 11.9. The summed E-state index contributed by atoms with van der Waals surface area (Å²) in [6.07, 6.45) is 2.75. The van der Waals surface area contributed by atoms with E-state index in [1.165, 1.54) is 24.6 Å². The molecule has 9 heteroatoms. The summed E-state index contributed by atoms with van der Waals surface area (Å²) in [5, 5.41) is 14.9. The number of hydrogen-bond donors (Lipinski definition) is 2. The number of amides is 1. The van der Waals surface area contributed by atoms with Gasteiger partial charge in [-0.1, -0.05) is 0 Å². The lowest BCUT2D eigenvalue weighted by molar-refractivity contribution is -0.385. The fourth-order valence-corrected chi connectivity index (χ4v) is 2.09. The lowest BCUT2D eigenvalue weighted by atomic mass is 10.1. The van der Waals surface area contributed by atoms with Crippen molar-refractivity contribution in [1.82, 2.24) is 15.4 Å². The molecule has 23 heavy (non-hydrogen) atoms. The Kier molecular flexibility index (Phi) is 3.59. The smallest absolute Gasteiger partial charge is 0.284 e. The molecule has 2 aromatic heterocycles. The number of aromatic nitrogens is 2. The second kappa shape index (κ2) is 5.72. The average molecular weight is 313 g/mol. The third-order valence-electron chi connectivity index (χ3n) is 3.06. The molecule has 0 aliphatic carbocycles. The maximum atomic E-state index is 12.2. The normalized spacial score (nSPS) is 11.2. The van der Waals surface area contributed by atoms with Crippen LogP contribution in [0.25, 0.3) is 11.0 Å². The predicted octanol–water partition coefficient (Wildman–Crippen LogP) is 2.14. The Bertz CT molecular complexity index is 911. The fourth-order valence-electron chi connectivity index (χ4n) is 2.09. The van der Waals surface area contributed by atoms with Gasteiger partial charge in [0.15, 0.2) is 0 Å². The highest BCUT2D eigenvalue weighted by atomic mass is 16.6. The molecule has 0 saturated heterocycles. The minimum absolute atomic E-state index is 0.120. The highest BCUT2D eigenvalue weighted by Crippen LogP contribution is 2.24. The molecule has 0 fully saturated rings. The van der Waals surface area contributed by atoms with E-state index >= 15 is 0 Å². The van der Waals surface area contributed by atoms with Crippen molar-refractivity contribution in [2.45, 2.75) is 6.92 Å². The molecule has 0 bridgehead atoms. The predicted molar refractivity (Wildman–Crippen MR) is 81.3 cm³/mol. The van der Waals surface area contributed by atoms with E-state index in [1.54, 1.807) is 19.1 Å². The molecule has 0 aliphatic rings. The van der Waals surface area contributed by atoms with E-state index < -0.39 is 10.8 Å². The van der Waals surface area contributed by atoms with Gasteiger partial charge in [0.2, 0.25) is 0 Å². The third kappa shape index (κ3) is 2.93. The van der Waals surface area contributed by atoms with Gasteiger partial charge in [0.05, 0.1) is 28.4 Å². The number of hydrogen-bond acceptors (Lipinski definition) is 6. The largest absolute Gasteiger partial charge is 0.463 e. The van der Waals surface area contributed by atoms with E-state index in [4.69, 9.17) is 4.42 Å². The number of nitrogens with zero attached hydrogens (tertiary/aromatic N) is 3. The van der Waals surface area contributed by atoms with Crippen LogP contribution in [0.2, 0.25) is 0 Å². The number of rotatable bonds is 4. The maximum absolute atomic E-state index is 12.2. The molecule has 3 aromatic rings. The summed E-state index contributed by atoms with van der Waals surface area (Å²) in [7, 11) is 0. The minimum atomic E-state index is -0.706. The number of furan rings is 1. The number of H-pyrrole nitrogens is 1. The van der Waals surface area contributed by atoms with E-state index in [1.807, 2.05) is 0 Å². The highest BCUT2D eigenvalue weighted by Gasteiger charge is 2.22. The Morgan fingerprint density at radius 2 is 2.35 bits per heavy atom. The van der Waals surface area contributed by atoms with Gasteiger partial charge in [-0.05, 0) is 25.1 Å². The molecule has 0 aliphatic heterocycles. The van der Waals surface area contributed by atoms with Crippen molar-refractivity contribution in [2.24, 2.45) is 5.10 Å². The van der Waals surface area contributed by atoms with Gasteiger partial charge >= 0.3 is 0 Å². The molecular weight excluding hydrogens is 302 g/mol. The van der Waals surface area contributed by atoms with E-state index in [0.717, 1.165) is 0 Å². The van der Waals surface area contributed by atoms with E-state index in [9.17, 15) is 14.9 Å². The number of nitro groups is 1. The number of aromatic amines is 1. The number of fused-ring (bicyclic) bond motifs is 1. The van der Waals surface area contributed by atoms with Crippen molar-refractivity contribution in [3.05, 3.63) is 57.8 Å². The Morgan fingerprint density at radius 1 is 1.52 bits per heavy atom. The number of carbonyl (C=O) groups excluding carboxylic acids is 1. The zero-order valence-corrected chi connectivity index (χ0v) is 11.9. The average Bonchev–Trinajstić information content (AvgIpc) is 3.13. The summed E-state index contributed by atoms with van der Waals surface area (Å²) < 4.78 is 5.02. The zero-order chi connectivity index (χ0) is 16.4. The summed E-state index contributed by atoms with van der Waals surface area (Å²) in [6, 6.07) is 5.95. The molecule has 0 unspecified atom stereocenters. The summed E-state index contributed by atoms with van der Waals surface area (Å²) in [6.45, 7) is 1.72. The van der Waals surface area contributed by atoms with Crippen LogP contribution in [0, 0.1) is 17.0 Å². The summed E-state index contributed by atoms with van der Waals surface area (Å²) in [4.78, 5) is 29.8. The number of nitrogens with one attached hydrogen (secondary N) is 2. The monoisotopic (exact) mass is 313 g/mol. The summed E-state index contributed by atoms with van der Waals surface area (Å²) >= 11 is 0. The molecule has 2 N–H and O–H groups in total. The first-order chi connectivity index (χ1) is 11.0. The van der Waals surface area contributed by atoms with Crippen LogP contribution in [0.1, 0.15) is 21.9 Å². The molecule has 0 spiro atoms. The van der Waals surface area contributed by atoms with Crippen LogP contribution in [-0.2, 0) is 0 Å². The summed E-state index contributed by atoms with van der Waals surface area (Å²) in [5.41, 5.74) is 2.74. The molecule has 1 amide bonds. The van der Waals surface area contributed by atoms with Crippen LogP contribution in [0.5, 0.6) is 0 Å². The van der Waals surface area contributed by atoms with Crippen LogP contribution in [-0.4, -0.2) is 27.0 Å². The lowest BCUT2D eigenvalue weighted by Gasteiger charge is -2.01. The van der Waals surface area contributed by atoms with Crippen molar-refractivity contribution >= 4 is 28.8 Å². The molecule has 3 rings (SSSR count). The van der Waals surface area contributed by atoms with Gasteiger partial charge in [-0.2, -0.15) is 5.10 Å². The minimum Gasteiger partial charge on any atom is -0.463 e. The number of benzene rings is 1. The van der Waals surface area contributed by atoms with E-state index in [0.29, 0.717) is 22.6 Å². The number of aryl methyl sites for hydroxylation is 1. The molecule has 0 radical (unpaired) electrons. The van der Waals surface area contributed by atoms with Gasteiger partial charge in [0.1, 0.15) is 17.1 Å².